The van der Waals surface area contributed by atoms with E-state index >= 15 is 0 Å². The molecule has 1 heteroatoms. The summed E-state index contributed by atoms with van der Waals surface area (Å²) >= 11 is 2.54. The monoisotopic (exact) mass is 194 g/mol. The molecule has 0 aliphatic heterocycles. The molecular weight excluding hydrogens is 183 g/mol. The first-order valence-corrected chi connectivity index (χ1v) is 4.64. The van der Waals surface area contributed by atoms with Crippen molar-refractivity contribution in [3.63, 3.8) is 0 Å². The van der Waals surface area contributed by atoms with Crippen LogP contribution in [0.1, 0.15) is 6.42 Å². The molecule has 1 aliphatic rings. The van der Waals surface area contributed by atoms with Crippen LogP contribution in [0.2, 0.25) is 0 Å². The standard InChI is InChI=1S/C6H6.C5H5.V/c1-2-4-6-5-3-1;1-2-4-5-3-1;/h1-6H;1-3H,4H2;. The van der Waals surface area contributed by atoms with Gasteiger partial charge in [0.25, 0.3) is 0 Å². The summed E-state index contributed by atoms with van der Waals surface area (Å²) in [6.07, 6.45) is 7.47. The van der Waals surface area contributed by atoms with Gasteiger partial charge in [-0.1, -0.05) is 36.4 Å². The zero-order chi connectivity index (χ0) is 8.65. The molecule has 0 radical (unpaired) electrons. The van der Waals surface area contributed by atoms with Crippen molar-refractivity contribution in [3.05, 3.63) is 58.9 Å². The molecule has 2 rings (SSSR count). The quantitative estimate of drug-likeness (QED) is 0.595. The van der Waals surface area contributed by atoms with Gasteiger partial charge in [-0.15, -0.1) is 0 Å². The smallest absolute Gasteiger partial charge is 0.0623 e. The van der Waals surface area contributed by atoms with E-state index in [1.807, 2.05) is 36.4 Å². The Balaban J connectivity index is 0.000000120. The Kier molecular flexibility index (Phi) is 4.59. The van der Waals surface area contributed by atoms with Crippen molar-refractivity contribution in [1.82, 2.24) is 0 Å². The second-order valence-corrected chi connectivity index (χ2v) is 3.34. The van der Waals surface area contributed by atoms with Crippen molar-refractivity contribution in [3.8, 4) is 0 Å². The molecule has 0 nitrogen and oxygen atoms in total. The Hall–Kier alpha value is -0.716. The number of rotatable bonds is 0. The maximum Gasteiger partial charge on any atom is -0.0623 e. The second-order valence-electron chi connectivity index (χ2n) is 2.44. The van der Waals surface area contributed by atoms with Crippen molar-refractivity contribution in [2.45, 2.75) is 6.42 Å². The van der Waals surface area contributed by atoms with Crippen LogP contribution in [0.15, 0.2) is 58.9 Å². The van der Waals surface area contributed by atoms with Crippen LogP contribution in [0.4, 0.5) is 0 Å². The maximum absolute atomic E-state index is 2.54. The average Bonchev–Trinajstić information content (AvgIpc) is 2.60. The van der Waals surface area contributed by atoms with Gasteiger partial charge in [0.2, 0.25) is 0 Å². The molecule has 0 aromatic heterocycles. The van der Waals surface area contributed by atoms with Gasteiger partial charge in [0.1, 0.15) is 0 Å². The van der Waals surface area contributed by atoms with E-state index in [1.54, 1.807) is 0 Å². The van der Waals surface area contributed by atoms with Crippen LogP contribution in [0, 0.1) is 0 Å². The first-order valence-electron chi connectivity index (χ1n) is 3.94. The second kappa shape index (κ2) is 5.87. The van der Waals surface area contributed by atoms with E-state index in [2.05, 4.69) is 35.7 Å². The first kappa shape index (κ1) is 9.37. The minimum Gasteiger partial charge on any atom is -0.0623 e. The summed E-state index contributed by atoms with van der Waals surface area (Å²) in [6.45, 7) is 0. The Morgan fingerprint density at radius 2 is 1.42 bits per heavy atom. The molecule has 0 heterocycles. The molecule has 0 fully saturated rings. The third-order valence-electron chi connectivity index (χ3n) is 1.42. The molecule has 0 bridgehead atoms. The van der Waals surface area contributed by atoms with Crippen molar-refractivity contribution >= 4 is 0 Å². The van der Waals surface area contributed by atoms with E-state index in [0.29, 0.717) is 0 Å². The number of hydrogen-bond donors (Lipinski definition) is 0. The third kappa shape index (κ3) is 4.22. The van der Waals surface area contributed by atoms with Gasteiger partial charge in [-0.3, -0.25) is 0 Å². The van der Waals surface area contributed by atoms with Gasteiger partial charge in [-0.05, 0) is 0 Å². The maximum atomic E-state index is 2.54. The van der Waals surface area contributed by atoms with Gasteiger partial charge in [-0.2, -0.15) is 0 Å². The molecule has 0 N–H and O–H groups in total. The predicted octanol–water partition coefficient (Wildman–Crippen LogP) is 3.06. The SMILES string of the molecule is [V][C]1=CC=CC1.c1ccccc1. The van der Waals surface area contributed by atoms with E-state index in [4.69, 9.17) is 0 Å². The van der Waals surface area contributed by atoms with E-state index in [1.165, 1.54) is 4.28 Å². The van der Waals surface area contributed by atoms with Crippen molar-refractivity contribution in [2.24, 2.45) is 0 Å². The van der Waals surface area contributed by atoms with Gasteiger partial charge < -0.3 is 0 Å². The molecule has 0 amide bonds. The van der Waals surface area contributed by atoms with Crippen molar-refractivity contribution < 1.29 is 17.4 Å². The largest absolute Gasteiger partial charge is 0.0623 e. The Morgan fingerprint density at radius 3 is 1.58 bits per heavy atom. The third-order valence-corrected chi connectivity index (χ3v) is 1.94. The first-order chi connectivity index (χ1) is 5.89. The summed E-state index contributed by atoms with van der Waals surface area (Å²) < 4.78 is 1.41. The average molecular weight is 194 g/mol. The van der Waals surface area contributed by atoms with E-state index in [9.17, 15) is 0 Å². The summed E-state index contributed by atoms with van der Waals surface area (Å²) in [5.74, 6) is 0. The molecule has 0 unspecified atom stereocenters. The van der Waals surface area contributed by atoms with Crippen LogP contribution >= 0.6 is 0 Å². The molecule has 1 aliphatic carbocycles. The molecule has 60 valence electrons. The fraction of sp³-hybridized carbons (Fsp3) is 0.0909. The normalized spacial score (nSPS) is 13.2. The Labute approximate surface area is 83.0 Å². The fourth-order valence-corrected chi connectivity index (χ4v) is 1.12. The number of benzene rings is 1. The van der Waals surface area contributed by atoms with Crippen LogP contribution in [-0.4, -0.2) is 0 Å². The molecule has 0 spiro atoms. The van der Waals surface area contributed by atoms with E-state index < -0.39 is 0 Å². The number of hydrogen-bond acceptors (Lipinski definition) is 0. The van der Waals surface area contributed by atoms with Crippen LogP contribution in [0.5, 0.6) is 0 Å². The zero-order valence-electron chi connectivity index (χ0n) is 6.85. The molecule has 12 heavy (non-hydrogen) atoms. The predicted molar refractivity (Wildman–Crippen MR) is 48.3 cm³/mol. The van der Waals surface area contributed by atoms with Crippen molar-refractivity contribution in [2.75, 3.05) is 0 Å². The fourth-order valence-electron chi connectivity index (χ4n) is 0.821. The van der Waals surface area contributed by atoms with Gasteiger partial charge in [0, 0.05) is 0 Å². The molecule has 0 saturated carbocycles. The zero-order valence-corrected chi connectivity index (χ0v) is 8.25. The van der Waals surface area contributed by atoms with Crippen LogP contribution in [0.25, 0.3) is 0 Å². The Bertz CT molecular complexity index is 233. The minimum absolute atomic E-state index is 1.14. The van der Waals surface area contributed by atoms with Gasteiger partial charge in [0.15, 0.2) is 0 Å². The molecule has 1 aromatic carbocycles. The molecule has 0 atom stereocenters. The summed E-state index contributed by atoms with van der Waals surface area (Å²) in [5.41, 5.74) is 0. The van der Waals surface area contributed by atoms with Gasteiger partial charge in [-0.25, -0.2) is 0 Å². The summed E-state index contributed by atoms with van der Waals surface area (Å²) in [7, 11) is 0. The molecule has 0 saturated heterocycles. The number of allylic oxidation sites excluding steroid dienone is 4. The van der Waals surface area contributed by atoms with Crippen molar-refractivity contribution in [1.29, 1.82) is 0 Å². The summed E-state index contributed by atoms with van der Waals surface area (Å²) in [6, 6.07) is 12.0. The Morgan fingerprint density at radius 1 is 0.917 bits per heavy atom. The van der Waals surface area contributed by atoms with Gasteiger partial charge >= 0.3 is 46.4 Å². The van der Waals surface area contributed by atoms with Gasteiger partial charge in [0.05, 0.1) is 0 Å². The summed E-state index contributed by atoms with van der Waals surface area (Å²) in [4.78, 5) is 0. The van der Waals surface area contributed by atoms with E-state index in [0.717, 1.165) is 6.42 Å². The minimum atomic E-state index is 1.14. The van der Waals surface area contributed by atoms with E-state index in [-0.39, 0.29) is 0 Å². The topological polar surface area (TPSA) is 0 Å². The van der Waals surface area contributed by atoms with Crippen LogP contribution in [-0.2, 0) is 17.4 Å². The molecular formula is C11H11V. The van der Waals surface area contributed by atoms with Crippen LogP contribution in [0.3, 0.4) is 0 Å². The summed E-state index contributed by atoms with van der Waals surface area (Å²) in [5, 5.41) is 0. The molecule has 1 aromatic rings. The van der Waals surface area contributed by atoms with Crippen LogP contribution < -0.4 is 0 Å².